The summed E-state index contributed by atoms with van der Waals surface area (Å²) >= 11 is 0. The van der Waals surface area contributed by atoms with E-state index in [0.29, 0.717) is 0 Å². The molecule has 0 fully saturated rings. The zero-order chi connectivity index (χ0) is 11.2. The van der Waals surface area contributed by atoms with Crippen LogP contribution in [0.2, 0.25) is 0 Å². The predicted octanol–water partition coefficient (Wildman–Crippen LogP) is 3.87. The lowest BCUT2D eigenvalue weighted by Gasteiger charge is -1.98. The molecule has 1 N–H and O–H groups in total. The SMILES string of the molecule is c1ccc2c(c1)ccc1c3ccncc3[nH]c21. The lowest BCUT2D eigenvalue weighted by atomic mass is 10.1. The van der Waals surface area contributed by atoms with E-state index in [1.165, 1.54) is 27.1 Å². The van der Waals surface area contributed by atoms with Gasteiger partial charge in [0.15, 0.2) is 0 Å². The number of fused-ring (bicyclic) bond motifs is 5. The number of nitrogens with one attached hydrogen (secondary N) is 1. The van der Waals surface area contributed by atoms with Crippen LogP contribution < -0.4 is 0 Å². The highest BCUT2D eigenvalue weighted by Crippen LogP contribution is 2.30. The van der Waals surface area contributed by atoms with Crippen molar-refractivity contribution in [1.29, 1.82) is 0 Å². The van der Waals surface area contributed by atoms with Gasteiger partial charge < -0.3 is 4.98 Å². The Morgan fingerprint density at radius 1 is 0.824 bits per heavy atom. The standard InChI is InChI=1S/C15H10N2/c1-2-4-11-10(3-1)5-6-13-12-7-8-16-9-14(12)17-15(11)13/h1-9,17H. The number of benzene rings is 2. The van der Waals surface area contributed by atoms with Gasteiger partial charge in [-0.2, -0.15) is 0 Å². The minimum Gasteiger partial charge on any atom is -0.353 e. The normalized spacial score (nSPS) is 11.5. The molecule has 0 unspecified atom stereocenters. The number of rotatable bonds is 0. The molecular formula is C15H10N2. The predicted molar refractivity (Wildman–Crippen MR) is 71.1 cm³/mol. The minimum atomic E-state index is 1.10. The maximum atomic E-state index is 4.16. The molecule has 0 spiro atoms. The molecular weight excluding hydrogens is 208 g/mol. The third-order valence-corrected chi connectivity index (χ3v) is 3.30. The van der Waals surface area contributed by atoms with Crippen molar-refractivity contribution in [3.8, 4) is 0 Å². The summed E-state index contributed by atoms with van der Waals surface area (Å²) in [6.45, 7) is 0. The first-order valence-electron chi connectivity index (χ1n) is 5.67. The Bertz CT molecular complexity index is 843. The van der Waals surface area contributed by atoms with E-state index in [2.05, 4.69) is 52.4 Å². The lowest BCUT2D eigenvalue weighted by Crippen LogP contribution is -1.74. The van der Waals surface area contributed by atoms with Crippen molar-refractivity contribution < 1.29 is 0 Å². The van der Waals surface area contributed by atoms with Gasteiger partial charge in [-0.05, 0) is 11.5 Å². The molecule has 2 heterocycles. The van der Waals surface area contributed by atoms with Crippen molar-refractivity contribution in [3.05, 3.63) is 54.9 Å². The van der Waals surface area contributed by atoms with Gasteiger partial charge in [0.1, 0.15) is 0 Å². The maximum absolute atomic E-state index is 4.16. The smallest absolute Gasteiger partial charge is 0.0651 e. The number of aromatic nitrogens is 2. The summed E-state index contributed by atoms with van der Waals surface area (Å²) in [6.07, 6.45) is 3.72. The van der Waals surface area contributed by atoms with Crippen molar-refractivity contribution in [2.24, 2.45) is 0 Å². The number of hydrogen-bond acceptors (Lipinski definition) is 1. The van der Waals surface area contributed by atoms with Crippen LogP contribution >= 0.6 is 0 Å². The first kappa shape index (κ1) is 8.76. The quantitative estimate of drug-likeness (QED) is 0.477. The average molecular weight is 218 g/mol. The molecule has 4 aromatic rings. The second-order valence-corrected chi connectivity index (χ2v) is 4.26. The summed E-state index contributed by atoms with van der Waals surface area (Å²) in [7, 11) is 0. The van der Waals surface area contributed by atoms with Gasteiger partial charge in [0, 0.05) is 22.4 Å². The van der Waals surface area contributed by atoms with Gasteiger partial charge in [-0.25, -0.2) is 0 Å². The molecule has 80 valence electrons. The summed E-state index contributed by atoms with van der Waals surface area (Å²) in [6, 6.07) is 14.8. The Morgan fingerprint density at radius 3 is 2.76 bits per heavy atom. The number of H-pyrrole nitrogens is 1. The van der Waals surface area contributed by atoms with Gasteiger partial charge in [0.2, 0.25) is 0 Å². The van der Waals surface area contributed by atoms with E-state index < -0.39 is 0 Å². The van der Waals surface area contributed by atoms with E-state index in [1.807, 2.05) is 12.4 Å². The monoisotopic (exact) mass is 218 g/mol. The second-order valence-electron chi connectivity index (χ2n) is 4.26. The van der Waals surface area contributed by atoms with Crippen LogP contribution in [0.4, 0.5) is 0 Å². The molecule has 0 bridgehead atoms. The fourth-order valence-electron chi connectivity index (χ4n) is 2.49. The van der Waals surface area contributed by atoms with Crippen LogP contribution in [-0.4, -0.2) is 9.97 Å². The molecule has 0 radical (unpaired) electrons. The number of pyridine rings is 1. The van der Waals surface area contributed by atoms with Crippen molar-refractivity contribution in [3.63, 3.8) is 0 Å². The number of hydrogen-bond donors (Lipinski definition) is 1. The third kappa shape index (κ3) is 1.12. The van der Waals surface area contributed by atoms with Gasteiger partial charge in [-0.15, -0.1) is 0 Å². The molecule has 2 aromatic carbocycles. The van der Waals surface area contributed by atoms with Crippen LogP contribution in [0.25, 0.3) is 32.6 Å². The summed E-state index contributed by atoms with van der Waals surface area (Å²) in [5, 5.41) is 5.03. The van der Waals surface area contributed by atoms with Crippen molar-refractivity contribution >= 4 is 32.6 Å². The summed E-state index contributed by atoms with van der Waals surface area (Å²) in [5.74, 6) is 0. The van der Waals surface area contributed by atoms with E-state index in [0.717, 1.165) is 5.52 Å². The highest BCUT2D eigenvalue weighted by atomic mass is 14.7. The zero-order valence-electron chi connectivity index (χ0n) is 9.14. The first-order chi connectivity index (χ1) is 8.43. The molecule has 4 rings (SSSR count). The van der Waals surface area contributed by atoms with Gasteiger partial charge in [-0.3, -0.25) is 4.98 Å². The molecule has 0 saturated carbocycles. The molecule has 0 aliphatic rings. The van der Waals surface area contributed by atoms with Crippen LogP contribution in [0, 0.1) is 0 Å². The van der Waals surface area contributed by atoms with Crippen LogP contribution in [0.1, 0.15) is 0 Å². The van der Waals surface area contributed by atoms with Crippen LogP contribution in [0.3, 0.4) is 0 Å². The molecule has 0 atom stereocenters. The summed E-state index contributed by atoms with van der Waals surface area (Å²) in [5.41, 5.74) is 2.30. The van der Waals surface area contributed by atoms with E-state index in [-0.39, 0.29) is 0 Å². The van der Waals surface area contributed by atoms with Crippen molar-refractivity contribution in [1.82, 2.24) is 9.97 Å². The Labute approximate surface area is 97.9 Å². The molecule has 17 heavy (non-hydrogen) atoms. The van der Waals surface area contributed by atoms with Gasteiger partial charge in [0.25, 0.3) is 0 Å². The highest BCUT2D eigenvalue weighted by molar-refractivity contribution is 6.16. The van der Waals surface area contributed by atoms with E-state index in [4.69, 9.17) is 0 Å². The Hall–Kier alpha value is -2.35. The van der Waals surface area contributed by atoms with Crippen molar-refractivity contribution in [2.45, 2.75) is 0 Å². The molecule has 2 nitrogen and oxygen atoms in total. The Kier molecular flexibility index (Phi) is 1.59. The van der Waals surface area contributed by atoms with Gasteiger partial charge in [0.05, 0.1) is 17.2 Å². The average Bonchev–Trinajstić information content (AvgIpc) is 2.78. The molecule has 0 aliphatic heterocycles. The van der Waals surface area contributed by atoms with Crippen molar-refractivity contribution in [2.75, 3.05) is 0 Å². The van der Waals surface area contributed by atoms with Crippen LogP contribution in [0.5, 0.6) is 0 Å². The van der Waals surface area contributed by atoms with E-state index in [1.54, 1.807) is 0 Å². The first-order valence-corrected chi connectivity index (χ1v) is 5.67. The number of aromatic amines is 1. The van der Waals surface area contributed by atoms with Gasteiger partial charge >= 0.3 is 0 Å². The molecule has 2 aromatic heterocycles. The Balaban J connectivity index is 2.34. The van der Waals surface area contributed by atoms with Gasteiger partial charge in [-0.1, -0.05) is 36.4 Å². The minimum absolute atomic E-state index is 1.10. The largest absolute Gasteiger partial charge is 0.353 e. The highest BCUT2D eigenvalue weighted by Gasteiger charge is 2.06. The fourth-order valence-corrected chi connectivity index (χ4v) is 2.49. The molecule has 0 saturated heterocycles. The second kappa shape index (κ2) is 3.08. The van der Waals surface area contributed by atoms with E-state index >= 15 is 0 Å². The lowest BCUT2D eigenvalue weighted by molar-refractivity contribution is 1.35. The van der Waals surface area contributed by atoms with E-state index in [9.17, 15) is 0 Å². The summed E-state index contributed by atoms with van der Waals surface area (Å²) in [4.78, 5) is 7.62. The molecule has 2 heteroatoms. The topological polar surface area (TPSA) is 28.7 Å². The maximum Gasteiger partial charge on any atom is 0.0651 e. The van der Waals surface area contributed by atoms with Crippen LogP contribution in [0.15, 0.2) is 54.9 Å². The number of nitrogens with zero attached hydrogens (tertiary/aromatic N) is 1. The fraction of sp³-hybridized carbons (Fsp3) is 0. The molecule has 0 amide bonds. The third-order valence-electron chi connectivity index (χ3n) is 3.30. The molecule has 0 aliphatic carbocycles. The zero-order valence-corrected chi connectivity index (χ0v) is 9.14. The summed E-state index contributed by atoms with van der Waals surface area (Å²) < 4.78 is 0. The van der Waals surface area contributed by atoms with Crippen LogP contribution in [-0.2, 0) is 0 Å². The Morgan fingerprint density at radius 2 is 1.76 bits per heavy atom.